The highest BCUT2D eigenvalue weighted by Crippen LogP contribution is 2.10. The SMILES string of the molecule is CCC(CO)N/C=C(/C#N)C(=O)Nc1ccc(C(=O)O)cc1. The van der Waals surface area contributed by atoms with Gasteiger partial charge >= 0.3 is 5.97 Å². The van der Waals surface area contributed by atoms with Crippen molar-refractivity contribution in [2.24, 2.45) is 0 Å². The third kappa shape index (κ3) is 4.92. The Morgan fingerprint density at radius 1 is 1.36 bits per heavy atom. The monoisotopic (exact) mass is 303 g/mol. The lowest BCUT2D eigenvalue weighted by Gasteiger charge is -2.12. The highest BCUT2D eigenvalue weighted by molar-refractivity contribution is 6.06. The number of aromatic carboxylic acids is 1. The number of rotatable bonds is 7. The van der Waals surface area contributed by atoms with Gasteiger partial charge in [-0.05, 0) is 30.7 Å². The minimum atomic E-state index is -1.06. The molecule has 22 heavy (non-hydrogen) atoms. The summed E-state index contributed by atoms with van der Waals surface area (Å²) < 4.78 is 0. The van der Waals surface area contributed by atoms with Crippen LogP contribution in [0.4, 0.5) is 5.69 Å². The molecule has 1 aromatic carbocycles. The van der Waals surface area contributed by atoms with Crippen LogP contribution in [-0.2, 0) is 4.79 Å². The summed E-state index contributed by atoms with van der Waals surface area (Å²) in [5, 5.41) is 32.1. The van der Waals surface area contributed by atoms with Gasteiger partial charge in [-0.2, -0.15) is 5.26 Å². The number of aliphatic hydroxyl groups is 1. The number of hydrogen-bond acceptors (Lipinski definition) is 5. The number of hydrogen-bond donors (Lipinski definition) is 4. The van der Waals surface area contributed by atoms with Crippen molar-refractivity contribution in [2.45, 2.75) is 19.4 Å². The van der Waals surface area contributed by atoms with E-state index in [9.17, 15) is 9.59 Å². The van der Waals surface area contributed by atoms with Gasteiger partial charge in [0.1, 0.15) is 11.6 Å². The van der Waals surface area contributed by atoms with E-state index in [0.717, 1.165) is 0 Å². The molecule has 1 unspecified atom stereocenters. The maximum atomic E-state index is 11.9. The maximum Gasteiger partial charge on any atom is 0.335 e. The summed E-state index contributed by atoms with van der Waals surface area (Å²) >= 11 is 0. The molecule has 1 aromatic rings. The molecule has 0 spiro atoms. The Morgan fingerprint density at radius 2 is 2.00 bits per heavy atom. The lowest BCUT2D eigenvalue weighted by atomic mass is 10.2. The molecule has 7 heteroatoms. The zero-order valence-electron chi connectivity index (χ0n) is 12.0. The van der Waals surface area contributed by atoms with E-state index in [1.165, 1.54) is 30.5 Å². The number of amides is 1. The molecule has 0 saturated heterocycles. The van der Waals surface area contributed by atoms with Crippen LogP contribution in [0.3, 0.4) is 0 Å². The topological polar surface area (TPSA) is 122 Å². The van der Waals surface area contributed by atoms with E-state index in [4.69, 9.17) is 15.5 Å². The van der Waals surface area contributed by atoms with Crippen LogP contribution in [0.5, 0.6) is 0 Å². The number of nitrogens with zero attached hydrogens (tertiary/aromatic N) is 1. The number of carboxylic acid groups (broad SMARTS) is 1. The minimum absolute atomic E-state index is 0.101. The lowest BCUT2D eigenvalue weighted by Crippen LogP contribution is -2.28. The van der Waals surface area contributed by atoms with Crippen LogP contribution in [0.25, 0.3) is 0 Å². The number of carboxylic acids is 1. The first-order valence-electron chi connectivity index (χ1n) is 6.63. The Kier molecular flexibility index (Phi) is 6.60. The van der Waals surface area contributed by atoms with E-state index in [1.54, 1.807) is 6.07 Å². The van der Waals surface area contributed by atoms with Crippen molar-refractivity contribution in [1.29, 1.82) is 5.26 Å². The second kappa shape index (κ2) is 8.44. The van der Waals surface area contributed by atoms with Crippen LogP contribution in [-0.4, -0.2) is 34.7 Å². The Labute approximate surface area is 127 Å². The molecular formula is C15H17N3O4. The van der Waals surface area contributed by atoms with Gasteiger partial charge in [0.15, 0.2) is 0 Å². The highest BCUT2D eigenvalue weighted by atomic mass is 16.4. The summed E-state index contributed by atoms with van der Waals surface area (Å²) in [6.07, 6.45) is 1.90. The first-order valence-corrected chi connectivity index (χ1v) is 6.63. The molecule has 7 nitrogen and oxygen atoms in total. The highest BCUT2D eigenvalue weighted by Gasteiger charge is 2.11. The molecule has 4 N–H and O–H groups in total. The number of anilines is 1. The molecule has 0 aliphatic carbocycles. The molecule has 1 amide bonds. The summed E-state index contributed by atoms with van der Waals surface area (Å²) in [5.74, 6) is -1.68. The predicted molar refractivity (Wildman–Crippen MR) is 80.0 cm³/mol. The predicted octanol–water partition coefficient (Wildman–Crippen LogP) is 1.09. The van der Waals surface area contributed by atoms with Crippen LogP contribution in [0.2, 0.25) is 0 Å². The lowest BCUT2D eigenvalue weighted by molar-refractivity contribution is -0.112. The quantitative estimate of drug-likeness (QED) is 0.442. The zero-order chi connectivity index (χ0) is 16.5. The number of nitriles is 1. The summed E-state index contributed by atoms with van der Waals surface area (Å²) in [6, 6.07) is 7.11. The first kappa shape index (κ1) is 17.2. The fraction of sp³-hybridized carbons (Fsp3) is 0.267. The first-order chi connectivity index (χ1) is 10.5. The van der Waals surface area contributed by atoms with E-state index in [1.807, 2.05) is 6.92 Å². The average molecular weight is 303 g/mol. The number of carbonyl (C=O) groups excluding carboxylic acids is 1. The Balaban J connectivity index is 2.75. The molecule has 0 aliphatic heterocycles. The van der Waals surface area contributed by atoms with Gasteiger partial charge in [0, 0.05) is 17.9 Å². The molecule has 0 heterocycles. The molecule has 1 rings (SSSR count). The van der Waals surface area contributed by atoms with Gasteiger partial charge in [0.2, 0.25) is 0 Å². The molecule has 0 radical (unpaired) electrons. The van der Waals surface area contributed by atoms with Crippen molar-refractivity contribution in [3.05, 3.63) is 41.6 Å². The fourth-order valence-electron chi connectivity index (χ4n) is 1.54. The third-order valence-corrected chi connectivity index (χ3v) is 2.93. The van der Waals surface area contributed by atoms with Gasteiger partial charge in [-0.1, -0.05) is 6.92 Å². The molecule has 0 fully saturated rings. The number of nitrogens with one attached hydrogen (secondary N) is 2. The third-order valence-electron chi connectivity index (χ3n) is 2.93. The Hall–Kier alpha value is -2.85. The summed E-state index contributed by atoms with van der Waals surface area (Å²) in [7, 11) is 0. The standard InChI is InChI=1S/C15H17N3O4/c1-2-12(9-19)17-8-11(7-16)14(20)18-13-5-3-10(4-6-13)15(21)22/h3-6,8,12,17,19H,2,9H2,1H3,(H,18,20)(H,21,22)/b11-8-. The second-order valence-electron chi connectivity index (χ2n) is 4.46. The van der Waals surface area contributed by atoms with Crippen molar-refractivity contribution in [1.82, 2.24) is 5.32 Å². The van der Waals surface area contributed by atoms with E-state index in [-0.39, 0.29) is 23.8 Å². The Morgan fingerprint density at radius 3 is 2.45 bits per heavy atom. The van der Waals surface area contributed by atoms with Gasteiger partial charge in [-0.15, -0.1) is 0 Å². The second-order valence-corrected chi connectivity index (χ2v) is 4.46. The Bertz CT molecular complexity index is 598. The van der Waals surface area contributed by atoms with Crippen molar-refractivity contribution in [3.63, 3.8) is 0 Å². The summed E-state index contributed by atoms with van der Waals surface area (Å²) in [4.78, 5) is 22.7. The van der Waals surface area contributed by atoms with Crippen LogP contribution in [0.1, 0.15) is 23.7 Å². The normalized spacial score (nSPS) is 12.1. The van der Waals surface area contributed by atoms with Crippen molar-refractivity contribution < 1.29 is 19.8 Å². The molecule has 0 saturated carbocycles. The van der Waals surface area contributed by atoms with Crippen molar-refractivity contribution in [2.75, 3.05) is 11.9 Å². The minimum Gasteiger partial charge on any atom is -0.478 e. The average Bonchev–Trinajstić information content (AvgIpc) is 2.52. The molecule has 116 valence electrons. The van der Waals surface area contributed by atoms with Crippen LogP contribution in [0.15, 0.2) is 36.0 Å². The maximum absolute atomic E-state index is 11.9. The smallest absolute Gasteiger partial charge is 0.335 e. The van der Waals surface area contributed by atoms with Crippen LogP contribution in [0, 0.1) is 11.3 Å². The van der Waals surface area contributed by atoms with E-state index in [2.05, 4.69) is 10.6 Å². The van der Waals surface area contributed by atoms with E-state index in [0.29, 0.717) is 12.1 Å². The van der Waals surface area contributed by atoms with E-state index < -0.39 is 11.9 Å². The van der Waals surface area contributed by atoms with Gasteiger partial charge < -0.3 is 20.8 Å². The van der Waals surface area contributed by atoms with Crippen LogP contribution >= 0.6 is 0 Å². The molecule has 0 bridgehead atoms. The molecule has 0 aliphatic rings. The van der Waals surface area contributed by atoms with Crippen molar-refractivity contribution >= 4 is 17.6 Å². The fourth-order valence-corrected chi connectivity index (χ4v) is 1.54. The zero-order valence-corrected chi connectivity index (χ0v) is 12.0. The summed E-state index contributed by atoms with van der Waals surface area (Å²) in [5.41, 5.74) is 0.337. The van der Waals surface area contributed by atoms with Gasteiger partial charge in [0.05, 0.1) is 12.2 Å². The number of carbonyl (C=O) groups is 2. The largest absolute Gasteiger partial charge is 0.478 e. The van der Waals surface area contributed by atoms with Crippen molar-refractivity contribution in [3.8, 4) is 6.07 Å². The van der Waals surface area contributed by atoms with Crippen LogP contribution < -0.4 is 10.6 Å². The van der Waals surface area contributed by atoms with Gasteiger partial charge in [-0.25, -0.2) is 4.79 Å². The van der Waals surface area contributed by atoms with Gasteiger partial charge in [-0.3, -0.25) is 4.79 Å². The molecule has 0 aromatic heterocycles. The molecular weight excluding hydrogens is 286 g/mol. The van der Waals surface area contributed by atoms with Gasteiger partial charge in [0.25, 0.3) is 5.91 Å². The number of aliphatic hydroxyl groups excluding tert-OH is 1. The number of benzene rings is 1. The summed E-state index contributed by atoms with van der Waals surface area (Å²) in [6.45, 7) is 1.75. The van der Waals surface area contributed by atoms with E-state index >= 15 is 0 Å². The molecule has 1 atom stereocenters.